The lowest BCUT2D eigenvalue weighted by Gasteiger charge is -2.23. The molecule has 4 aromatic carbocycles. The monoisotopic (exact) mass is 438 g/mol. The molecule has 4 rings (SSSR count). The number of benzene rings is 4. The Morgan fingerprint density at radius 2 is 1.15 bits per heavy atom. The van der Waals surface area contributed by atoms with E-state index < -0.39 is 0 Å². The summed E-state index contributed by atoms with van der Waals surface area (Å²) in [5, 5.41) is 5.15. The van der Waals surface area contributed by atoms with Crippen LogP contribution >= 0.6 is 0 Å². The number of aryl methyl sites for hydroxylation is 1. The highest BCUT2D eigenvalue weighted by Crippen LogP contribution is 2.40. The van der Waals surface area contributed by atoms with Crippen LogP contribution in [0.15, 0.2) is 60.7 Å². The molecule has 0 amide bonds. The molecule has 2 nitrogen and oxygen atoms in total. The Morgan fingerprint density at radius 1 is 0.667 bits per heavy atom. The molecule has 0 spiro atoms. The summed E-state index contributed by atoms with van der Waals surface area (Å²) in [6.07, 6.45) is 3.11. The second kappa shape index (κ2) is 9.47. The average Bonchev–Trinajstić information content (AvgIpc) is 2.81. The highest BCUT2D eigenvalue weighted by Gasteiger charge is 2.20. The van der Waals surface area contributed by atoms with Crippen LogP contribution in [0.25, 0.3) is 21.5 Å². The van der Waals surface area contributed by atoms with E-state index in [1.807, 2.05) is 0 Å². The summed E-state index contributed by atoms with van der Waals surface area (Å²) in [7, 11) is 0. The molecule has 4 aromatic rings. The fraction of sp³-hybridized carbons (Fsp3) is 0.355. The summed E-state index contributed by atoms with van der Waals surface area (Å²) >= 11 is 0. The van der Waals surface area contributed by atoms with Crippen molar-refractivity contribution in [1.82, 2.24) is 0 Å². The van der Waals surface area contributed by atoms with Crippen molar-refractivity contribution in [2.24, 2.45) is 0 Å². The zero-order valence-electron chi connectivity index (χ0n) is 20.8. The molecular formula is C31H38N2. The molecule has 0 aliphatic heterocycles. The van der Waals surface area contributed by atoms with Gasteiger partial charge in [-0.05, 0) is 92.9 Å². The van der Waals surface area contributed by atoms with E-state index in [4.69, 9.17) is 11.5 Å². The smallest absolute Gasteiger partial charge is 0.0390 e. The first-order valence-corrected chi connectivity index (χ1v) is 12.4. The van der Waals surface area contributed by atoms with Crippen LogP contribution < -0.4 is 11.5 Å². The van der Waals surface area contributed by atoms with Gasteiger partial charge in [0.25, 0.3) is 0 Å². The van der Waals surface area contributed by atoms with E-state index in [1.54, 1.807) is 0 Å². The van der Waals surface area contributed by atoms with Crippen LogP contribution in [0.2, 0.25) is 0 Å². The molecule has 2 heteroatoms. The summed E-state index contributed by atoms with van der Waals surface area (Å²) in [5.41, 5.74) is 20.6. The highest BCUT2D eigenvalue weighted by molar-refractivity contribution is 5.92. The molecule has 0 fully saturated rings. The lowest BCUT2D eigenvalue weighted by atomic mass is 9.83. The zero-order valence-corrected chi connectivity index (χ0v) is 20.8. The van der Waals surface area contributed by atoms with E-state index >= 15 is 0 Å². The maximum atomic E-state index is 6.77. The van der Waals surface area contributed by atoms with Crippen LogP contribution in [0.4, 0.5) is 11.4 Å². The van der Waals surface area contributed by atoms with Crippen LogP contribution in [-0.2, 0) is 6.42 Å². The Balaban J connectivity index is 1.62. The normalized spacial score (nSPS) is 13.6. The molecule has 33 heavy (non-hydrogen) atoms. The van der Waals surface area contributed by atoms with Gasteiger partial charge in [-0.2, -0.15) is 0 Å². The summed E-state index contributed by atoms with van der Waals surface area (Å²) < 4.78 is 0. The van der Waals surface area contributed by atoms with Crippen LogP contribution in [0, 0.1) is 0 Å². The maximum absolute atomic E-state index is 6.77. The quantitative estimate of drug-likeness (QED) is 0.284. The van der Waals surface area contributed by atoms with Gasteiger partial charge in [0.1, 0.15) is 0 Å². The van der Waals surface area contributed by atoms with E-state index in [-0.39, 0.29) is 0 Å². The predicted molar refractivity (Wildman–Crippen MR) is 146 cm³/mol. The topological polar surface area (TPSA) is 52.0 Å². The number of rotatable bonds is 7. The molecule has 0 aliphatic carbocycles. The van der Waals surface area contributed by atoms with Crippen LogP contribution in [-0.4, -0.2) is 0 Å². The second-order valence-corrected chi connectivity index (χ2v) is 9.98. The Morgan fingerprint density at radius 3 is 1.70 bits per heavy atom. The molecule has 2 unspecified atom stereocenters. The molecular weight excluding hydrogens is 400 g/mol. The minimum absolute atomic E-state index is 0.391. The molecule has 172 valence electrons. The number of anilines is 2. The number of hydrogen-bond acceptors (Lipinski definition) is 2. The van der Waals surface area contributed by atoms with Gasteiger partial charge in [0.05, 0.1) is 0 Å². The van der Waals surface area contributed by atoms with Crippen molar-refractivity contribution in [3.8, 4) is 0 Å². The number of nitrogen functional groups attached to an aromatic ring is 2. The maximum Gasteiger partial charge on any atom is 0.0390 e. The van der Waals surface area contributed by atoms with Crippen molar-refractivity contribution in [3.63, 3.8) is 0 Å². The SMILES string of the molecule is CCc1c(N)c(C(C)CCC(C)c2cc3ccccc3c(C(C)C)c2N)cc2ccccc12. The van der Waals surface area contributed by atoms with Gasteiger partial charge in [0.2, 0.25) is 0 Å². The lowest BCUT2D eigenvalue weighted by Crippen LogP contribution is -2.08. The van der Waals surface area contributed by atoms with Gasteiger partial charge in [-0.3, -0.25) is 0 Å². The minimum Gasteiger partial charge on any atom is -0.398 e. The highest BCUT2D eigenvalue weighted by atomic mass is 14.6. The van der Waals surface area contributed by atoms with E-state index in [1.165, 1.54) is 43.8 Å². The van der Waals surface area contributed by atoms with Crippen LogP contribution in [0.5, 0.6) is 0 Å². The fourth-order valence-corrected chi connectivity index (χ4v) is 5.51. The molecule has 0 aliphatic rings. The average molecular weight is 439 g/mol. The van der Waals surface area contributed by atoms with Crippen molar-refractivity contribution < 1.29 is 0 Å². The minimum atomic E-state index is 0.391. The van der Waals surface area contributed by atoms with E-state index in [0.717, 1.165) is 30.6 Å². The summed E-state index contributed by atoms with van der Waals surface area (Å²) in [6, 6.07) is 21.9. The van der Waals surface area contributed by atoms with Crippen molar-refractivity contribution in [3.05, 3.63) is 82.9 Å². The van der Waals surface area contributed by atoms with E-state index in [2.05, 4.69) is 95.3 Å². The van der Waals surface area contributed by atoms with E-state index in [0.29, 0.717) is 17.8 Å². The van der Waals surface area contributed by atoms with Gasteiger partial charge in [0, 0.05) is 11.4 Å². The Hall–Kier alpha value is -3.00. The van der Waals surface area contributed by atoms with E-state index in [9.17, 15) is 0 Å². The molecule has 0 heterocycles. The van der Waals surface area contributed by atoms with Gasteiger partial charge >= 0.3 is 0 Å². The largest absolute Gasteiger partial charge is 0.398 e. The van der Waals surface area contributed by atoms with Gasteiger partial charge in [-0.25, -0.2) is 0 Å². The Labute approximate surface area is 199 Å². The number of hydrogen-bond donors (Lipinski definition) is 2. The molecule has 2 atom stereocenters. The molecule has 0 radical (unpaired) electrons. The summed E-state index contributed by atoms with van der Waals surface area (Å²) in [4.78, 5) is 0. The van der Waals surface area contributed by atoms with Gasteiger partial charge < -0.3 is 11.5 Å². The molecule has 4 N–H and O–H groups in total. The molecule has 0 aromatic heterocycles. The Kier molecular flexibility index (Phi) is 6.65. The first-order chi connectivity index (χ1) is 15.8. The third kappa shape index (κ3) is 4.31. The lowest BCUT2D eigenvalue weighted by molar-refractivity contribution is 0.575. The van der Waals surface area contributed by atoms with Crippen molar-refractivity contribution in [2.75, 3.05) is 11.5 Å². The standard InChI is InChI=1S/C31H38N2/c1-6-24-25-13-9-7-11-22(25)17-27(30(24)32)20(4)15-16-21(5)28-18-23-12-8-10-14-26(23)29(19(2)3)31(28)33/h7-14,17-21H,6,15-16,32-33H2,1-5H3. The van der Waals surface area contributed by atoms with Crippen LogP contribution in [0.1, 0.15) is 87.5 Å². The van der Waals surface area contributed by atoms with Crippen molar-refractivity contribution in [2.45, 2.75) is 71.6 Å². The van der Waals surface area contributed by atoms with Crippen molar-refractivity contribution >= 4 is 32.9 Å². The Bertz CT molecular complexity index is 1290. The zero-order chi connectivity index (χ0) is 23.7. The fourth-order valence-electron chi connectivity index (χ4n) is 5.51. The van der Waals surface area contributed by atoms with Gasteiger partial charge in [-0.15, -0.1) is 0 Å². The summed E-state index contributed by atoms with van der Waals surface area (Å²) in [5.74, 6) is 1.18. The number of fused-ring (bicyclic) bond motifs is 2. The first-order valence-electron chi connectivity index (χ1n) is 12.4. The van der Waals surface area contributed by atoms with Crippen LogP contribution in [0.3, 0.4) is 0 Å². The summed E-state index contributed by atoms with van der Waals surface area (Å²) in [6.45, 7) is 11.3. The van der Waals surface area contributed by atoms with Gasteiger partial charge in [0.15, 0.2) is 0 Å². The predicted octanol–water partition coefficient (Wildman–Crippen LogP) is 8.53. The first kappa shape index (κ1) is 23.2. The third-order valence-corrected chi connectivity index (χ3v) is 7.42. The molecule has 0 bridgehead atoms. The third-order valence-electron chi connectivity index (χ3n) is 7.42. The number of nitrogens with two attached hydrogens (primary N) is 2. The second-order valence-electron chi connectivity index (χ2n) is 9.98. The van der Waals surface area contributed by atoms with Crippen molar-refractivity contribution in [1.29, 1.82) is 0 Å². The molecule has 0 saturated heterocycles. The van der Waals surface area contributed by atoms with Gasteiger partial charge in [-0.1, -0.05) is 83.1 Å². The molecule has 0 saturated carbocycles.